The van der Waals surface area contributed by atoms with Crippen LogP contribution in [0, 0.1) is 12.7 Å². The lowest BCUT2D eigenvalue weighted by Gasteiger charge is -2.05. The van der Waals surface area contributed by atoms with Crippen LogP contribution in [0.4, 0.5) is 10.1 Å². The molecule has 2 aromatic rings. The molecular weight excluding hydrogens is 271 g/mol. The molecule has 98 valence electrons. The number of hydrogen-bond acceptors (Lipinski definition) is 4. The van der Waals surface area contributed by atoms with Crippen molar-refractivity contribution in [3.63, 3.8) is 0 Å². The zero-order chi connectivity index (χ0) is 14.0. The van der Waals surface area contributed by atoms with E-state index in [0.29, 0.717) is 5.01 Å². The number of amides is 1. The molecule has 0 atom stereocenters. The summed E-state index contributed by atoms with van der Waals surface area (Å²) < 4.78 is 13.5. The molecule has 1 heterocycles. The molecule has 2 N–H and O–H groups in total. The predicted molar refractivity (Wildman–Crippen MR) is 68.2 cm³/mol. The number of nitrogens with one attached hydrogen (secondary N) is 1. The monoisotopic (exact) mass is 280 g/mol. The molecule has 1 aromatic carbocycles. The van der Waals surface area contributed by atoms with E-state index in [4.69, 9.17) is 5.11 Å². The summed E-state index contributed by atoms with van der Waals surface area (Å²) in [7, 11) is 0. The second kappa shape index (κ2) is 5.15. The molecule has 2 rings (SSSR count). The van der Waals surface area contributed by atoms with Crippen LogP contribution in [0.15, 0.2) is 23.6 Å². The van der Waals surface area contributed by atoms with Gasteiger partial charge in [0.15, 0.2) is 0 Å². The number of carboxylic acids is 1. The van der Waals surface area contributed by atoms with E-state index in [1.54, 1.807) is 12.3 Å². The third-order valence-electron chi connectivity index (χ3n) is 2.31. The smallest absolute Gasteiger partial charge is 0.335 e. The zero-order valence-electron chi connectivity index (χ0n) is 9.81. The maximum absolute atomic E-state index is 13.5. The number of thiazole rings is 1. The topological polar surface area (TPSA) is 79.3 Å². The highest BCUT2D eigenvalue weighted by Gasteiger charge is 2.14. The summed E-state index contributed by atoms with van der Waals surface area (Å²) in [4.78, 5) is 26.5. The molecule has 1 amide bonds. The van der Waals surface area contributed by atoms with Crippen molar-refractivity contribution in [2.24, 2.45) is 0 Å². The third-order valence-corrected chi connectivity index (χ3v) is 3.09. The number of carbonyl (C=O) groups is 2. The lowest BCUT2D eigenvalue weighted by molar-refractivity contribution is 0.0696. The van der Waals surface area contributed by atoms with Gasteiger partial charge in [0.1, 0.15) is 11.5 Å². The Kier molecular flexibility index (Phi) is 3.57. The molecule has 5 nitrogen and oxygen atoms in total. The summed E-state index contributed by atoms with van der Waals surface area (Å²) in [5, 5.41) is 13.4. The maximum Gasteiger partial charge on any atom is 0.335 e. The van der Waals surface area contributed by atoms with Crippen molar-refractivity contribution in [2.75, 3.05) is 5.32 Å². The standard InChI is InChI=1S/C12H9FN2O3S/c1-6-14-10(5-19-6)11(16)15-9-4-7(12(17)18)2-3-8(9)13/h2-5H,1H3,(H,15,16)(H,17,18). The van der Waals surface area contributed by atoms with Gasteiger partial charge in [-0.1, -0.05) is 0 Å². The van der Waals surface area contributed by atoms with E-state index in [-0.39, 0.29) is 16.9 Å². The second-order valence-corrected chi connectivity index (χ2v) is 4.77. The first kappa shape index (κ1) is 13.2. The molecule has 7 heteroatoms. The fraction of sp³-hybridized carbons (Fsp3) is 0.0833. The summed E-state index contributed by atoms with van der Waals surface area (Å²) in [6.07, 6.45) is 0. The highest BCUT2D eigenvalue weighted by atomic mass is 32.1. The first-order chi connectivity index (χ1) is 8.97. The van der Waals surface area contributed by atoms with Crippen LogP contribution >= 0.6 is 11.3 Å². The zero-order valence-corrected chi connectivity index (χ0v) is 10.6. The number of halogens is 1. The van der Waals surface area contributed by atoms with Crippen molar-refractivity contribution >= 4 is 28.9 Å². The first-order valence-corrected chi connectivity index (χ1v) is 6.11. The van der Waals surface area contributed by atoms with E-state index in [1.807, 2.05) is 0 Å². The van der Waals surface area contributed by atoms with Crippen LogP contribution in [0.3, 0.4) is 0 Å². The second-order valence-electron chi connectivity index (χ2n) is 3.71. The quantitative estimate of drug-likeness (QED) is 0.905. The summed E-state index contributed by atoms with van der Waals surface area (Å²) >= 11 is 1.30. The Bertz CT molecular complexity index is 654. The number of aryl methyl sites for hydroxylation is 1. The molecule has 0 fully saturated rings. The number of benzene rings is 1. The summed E-state index contributed by atoms with van der Waals surface area (Å²) in [6, 6.07) is 3.18. The average molecular weight is 280 g/mol. The van der Waals surface area contributed by atoms with E-state index < -0.39 is 17.7 Å². The van der Waals surface area contributed by atoms with Gasteiger partial charge in [-0.2, -0.15) is 0 Å². The van der Waals surface area contributed by atoms with Gasteiger partial charge in [0, 0.05) is 5.38 Å². The molecule has 0 aliphatic heterocycles. The minimum Gasteiger partial charge on any atom is -0.478 e. The molecule has 1 aromatic heterocycles. The van der Waals surface area contributed by atoms with Gasteiger partial charge in [0.25, 0.3) is 5.91 Å². The molecule has 19 heavy (non-hydrogen) atoms. The Morgan fingerprint density at radius 2 is 2.16 bits per heavy atom. The van der Waals surface area contributed by atoms with Gasteiger partial charge < -0.3 is 10.4 Å². The minimum absolute atomic E-state index is 0.105. The number of carboxylic acid groups (broad SMARTS) is 1. The van der Waals surface area contributed by atoms with E-state index in [2.05, 4.69) is 10.3 Å². The van der Waals surface area contributed by atoms with Crippen LogP contribution in [0.1, 0.15) is 25.9 Å². The van der Waals surface area contributed by atoms with Crippen molar-refractivity contribution in [3.8, 4) is 0 Å². The van der Waals surface area contributed by atoms with Crippen LogP contribution in [0.25, 0.3) is 0 Å². The van der Waals surface area contributed by atoms with Crippen LogP contribution in [-0.4, -0.2) is 22.0 Å². The Morgan fingerprint density at radius 3 is 2.74 bits per heavy atom. The van der Waals surface area contributed by atoms with Gasteiger partial charge in [-0.3, -0.25) is 4.79 Å². The van der Waals surface area contributed by atoms with Gasteiger partial charge in [-0.15, -0.1) is 11.3 Å². The third kappa shape index (κ3) is 2.94. The molecule has 0 spiro atoms. The normalized spacial score (nSPS) is 10.2. The number of hydrogen-bond donors (Lipinski definition) is 2. The highest BCUT2D eigenvalue weighted by Crippen LogP contribution is 2.18. The molecule has 0 aliphatic carbocycles. The summed E-state index contributed by atoms with van der Waals surface area (Å²) in [5.74, 6) is -2.48. The van der Waals surface area contributed by atoms with Gasteiger partial charge in [0.05, 0.1) is 16.3 Å². The number of anilines is 1. The summed E-state index contributed by atoms with van der Waals surface area (Å²) in [5.41, 5.74) is -0.121. The highest BCUT2D eigenvalue weighted by molar-refractivity contribution is 7.09. The molecule has 0 unspecified atom stereocenters. The van der Waals surface area contributed by atoms with Crippen LogP contribution < -0.4 is 5.32 Å². The van der Waals surface area contributed by atoms with Gasteiger partial charge in [0.2, 0.25) is 0 Å². The molecular formula is C12H9FN2O3S. The van der Waals surface area contributed by atoms with Gasteiger partial charge in [-0.25, -0.2) is 14.2 Å². The largest absolute Gasteiger partial charge is 0.478 e. The SMILES string of the molecule is Cc1nc(C(=O)Nc2cc(C(=O)O)ccc2F)cs1. The Labute approximate surface area is 111 Å². The molecule has 0 radical (unpaired) electrons. The number of nitrogens with zero attached hydrogens (tertiary/aromatic N) is 1. The van der Waals surface area contributed by atoms with Crippen LogP contribution in [0.5, 0.6) is 0 Å². The first-order valence-electron chi connectivity index (χ1n) is 5.23. The molecule has 0 aliphatic rings. The van der Waals surface area contributed by atoms with Gasteiger partial charge in [-0.05, 0) is 25.1 Å². The number of aromatic carboxylic acids is 1. The minimum atomic E-state index is -1.19. The van der Waals surface area contributed by atoms with E-state index in [9.17, 15) is 14.0 Å². The fourth-order valence-corrected chi connectivity index (χ4v) is 2.00. The van der Waals surface area contributed by atoms with Gasteiger partial charge >= 0.3 is 5.97 Å². The Balaban J connectivity index is 2.25. The van der Waals surface area contributed by atoms with Crippen molar-refractivity contribution in [2.45, 2.75) is 6.92 Å². The molecule has 0 saturated heterocycles. The maximum atomic E-state index is 13.5. The van der Waals surface area contributed by atoms with E-state index in [1.165, 1.54) is 11.3 Å². The van der Waals surface area contributed by atoms with Crippen molar-refractivity contribution in [3.05, 3.63) is 45.7 Å². The average Bonchev–Trinajstić information content (AvgIpc) is 2.78. The van der Waals surface area contributed by atoms with Crippen molar-refractivity contribution in [1.82, 2.24) is 4.98 Å². The molecule has 0 saturated carbocycles. The van der Waals surface area contributed by atoms with Crippen molar-refractivity contribution in [1.29, 1.82) is 0 Å². The number of carbonyl (C=O) groups excluding carboxylic acids is 1. The lowest BCUT2D eigenvalue weighted by Crippen LogP contribution is -2.14. The lowest BCUT2D eigenvalue weighted by atomic mass is 10.2. The fourth-order valence-electron chi connectivity index (χ4n) is 1.41. The van der Waals surface area contributed by atoms with Crippen LogP contribution in [-0.2, 0) is 0 Å². The van der Waals surface area contributed by atoms with E-state index >= 15 is 0 Å². The Morgan fingerprint density at radius 1 is 1.42 bits per heavy atom. The Hall–Kier alpha value is -2.28. The van der Waals surface area contributed by atoms with Crippen molar-refractivity contribution < 1.29 is 19.1 Å². The summed E-state index contributed by atoms with van der Waals surface area (Å²) in [6.45, 7) is 1.74. The van der Waals surface area contributed by atoms with Crippen LogP contribution in [0.2, 0.25) is 0 Å². The predicted octanol–water partition coefficient (Wildman–Crippen LogP) is 2.54. The number of aromatic nitrogens is 1. The van der Waals surface area contributed by atoms with E-state index in [0.717, 1.165) is 18.2 Å². The number of rotatable bonds is 3. The molecule has 0 bridgehead atoms.